The molecule has 1 aliphatic rings. The van der Waals surface area contributed by atoms with E-state index in [-0.39, 0.29) is 12.5 Å². The van der Waals surface area contributed by atoms with Crippen molar-refractivity contribution in [3.05, 3.63) is 66.4 Å². The molecule has 1 fully saturated rings. The highest BCUT2D eigenvalue weighted by Gasteiger charge is 2.21. The van der Waals surface area contributed by atoms with Gasteiger partial charge in [-0.05, 0) is 29.7 Å². The first-order valence-electron chi connectivity index (χ1n) is 10.5. The maximum absolute atomic E-state index is 13.0. The summed E-state index contributed by atoms with van der Waals surface area (Å²) in [5, 5.41) is 1.21. The van der Waals surface area contributed by atoms with Crippen LogP contribution in [0.15, 0.2) is 60.7 Å². The number of nitrogens with zero attached hydrogens (tertiary/aromatic N) is 2. The van der Waals surface area contributed by atoms with E-state index in [1.165, 1.54) is 36.8 Å². The van der Waals surface area contributed by atoms with E-state index >= 15 is 0 Å². The van der Waals surface area contributed by atoms with Gasteiger partial charge in [-0.15, -0.1) is 0 Å². The second-order valence-electron chi connectivity index (χ2n) is 7.88. The molecule has 0 radical (unpaired) electrons. The predicted octanol–water partition coefficient (Wildman–Crippen LogP) is 2.26. The van der Waals surface area contributed by atoms with Gasteiger partial charge in [-0.25, -0.2) is 0 Å². The lowest BCUT2D eigenvalue weighted by Crippen LogP contribution is -3.10. The van der Waals surface area contributed by atoms with Gasteiger partial charge in [0.1, 0.15) is 5.75 Å². The van der Waals surface area contributed by atoms with Crippen LogP contribution in [0.5, 0.6) is 5.75 Å². The van der Waals surface area contributed by atoms with Crippen LogP contribution in [-0.4, -0.2) is 48.2 Å². The van der Waals surface area contributed by atoms with Crippen molar-refractivity contribution in [2.75, 3.05) is 32.8 Å². The molecule has 2 heterocycles. The number of amides is 1. The molecular formula is C24H30N3O2+. The summed E-state index contributed by atoms with van der Waals surface area (Å²) >= 11 is 0. The normalized spacial score (nSPS) is 14.4. The van der Waals surface area contributed by atoms with Gasteiger partial charge >= 0.3 is 0 Å². The van der Waals surface area contributed by atoms with E-state index in [4.69, 9.17) is 4.74 Å². The molecular weight excluding hydrogens is 362 g/mol. The Morgan fingerprint density at radius 3 is 2.55 bits per heavy atom. The zero-order valence-electron chi connectivity index (χ0n) is 17.1. The van der Waals surface area contributed by atoms with Crippen LogP contribution in [0.2, 0.25) is 0 Å². The van der Waals surface area contributed by atoms with Crippen LogP contribution < -0.4 is 9.64 Å². The van der Waals surface area contributed by atoms with Gasteiger partial charge in [0.05, 0.1) is 32.7 Å². The number of ether oxygens (including phenoxy) is 1. The number of fused-ring (bicyclic) bond motifs is 1. The number of carbonyl (C=O) groups is 1. The molecule has 29 heavy (non-hydrogen) atoms. The Morgan fingerprint density at radius 1 is 1.07 bits per heavy atom. The zero-order valence-corrected chi connectivity index (χ0v) is 17.1. The van der Waals surface area contributed by atoms with Crippen LogP contribution in [0.1, 0.15) is 18.5 Å². The summed E-state index contributed by atoms with van der Waals surface area (Å²) in [6.07, 6.45) is 2.59. The quantitative estimate of drug-likeness (QED) is 0.639. The molecule has 0 saturated carbocycles. The van der Waals surface area contributed by atoms with E-state index in [9.17, 15) is 4.79 Å². The largest absolute Gasteiger partial charge is 0.484 e. The first-order valence-corrected chi connectivity index (χ1v) is 10.5. The summed E-state index contributed by atoms with van der Waals surface area (Å²) in [4.78, 5) is 16.6. The van der Waals surface area contributed by atoms with Crippen molar-refractivity contribution in [3.63, 3.8) is 0 Å². The van der Waals surface area contributed by atoms with Crippen LogP contribution in [0.4, 0.5) is 0 Å². The molecule has 0 atom stereocenters. The fraction of sp³-hybridized carbons (Fsp3) is 0.375. The SMILES string of the molecule is Cn1c(CN(CC[NH+]2CCCC2)C(=O)COc2ccccc2)cc2ccccc21. The minimum Gasteiger partial charge on any atom is -0.484 e. The van der Waals surface area contributed by atoms with Crippen LogP contribution >= 0.6 is 0 Å². The van der Waals surface area contributed by atoms with Crippen LogP contribution in [0.25, 0.3) is 10.9 Å². The molecule has 1 saturated heterocycles. The summed E-state index contributed by atoms with van der Waals surface area (Å²) in [6.45, 7) is 4.88. The molecule has 0 unspecified atom stereocenters. The fourth-order valence-electron chi connectivity index (χ4n) is 4.16. The molecule has 1 N–H and O–H groups in total. The highest BCUT2D eigenvalue weighted by molar-refractivity contribution is 5.82. The second-order valence-corrected chi connectivity index (χ2v) is 7.88. The molecule has 3 aromatic rings. The van der Waals surface area contributed by atoms with Crippen molar-refractivity contribution in [1.29, 1.82) is 0 Å². The number of hydrogen-bond donors (Lipinski definition) is 1. The number of hydrogen-bond acceptors (Lipinski definition) is 2. The summed E-state index contributed by atoms with van der Waals surface area (Å²) in [5.41, 5.74) is 2.34. The minimum absolute atomic E-state index is 0.0395. The summed E-state index contributed by atoms with van der Waals surface area (Å²) < 4.78 is 7.93. The molecule has 1 aliphatic heterocycles. The average Bonchev–Trinajstić information content (AvgIpc) is 3.38. The Balaban J connectivity index is 1.47. The number of para-hydroxylation sites is 2. The number of benzene rings is 2. The maximum atomic E-state index is 13.0. The molecule has 1 amide bonds. The highest BCUT2D eigenvalue weighted by atomic mass is 16.5. The lowest BCUT2D eigenvalue weighted by atomic mass is 10.2. The van der Waals surface area contributed by atoms with E-state index in [1.54, 1.807) is 4.90 Å². The number of quaternary nitrogens is 1. The molecule has 0 aliphatic carbocycles. The molecule has 5 nitrogen and oxygen atoms in total. The molecule has 4 rings (SSSR count). The van der Waals surface area contributed by atoms with Crippen molar-refractivity contribution in [3.8, 4) is 5.75 Å². The van der Waals surface area contributed by atoms with Crippen molar-refractivity contribution in [2.45, 2.75) is 19.4 Å². The lowest BCUT2D eigenvalue weighted by molar-refractivity contribution is -0.886. The van der Waals surface area contributed by atoms with Gasteiger partial charge in [0.15, 0.2) is 6.61 Å². The maximum Gasteiger partial charge on any atom is 0.261 e. The van der Waals surface area contributed by atoms with Crippen molar-refractivity contribution < 1.29 is 14.4 Å². The Morgan fingerprint density at radius 2 is 1.79 bits per heavy atom. The van der Waals surface area contributed by atoms with Gasteiger partial charge in [0, 0.05) is 31.1 Å². The number of rotatable bonds is 8. The van der Waals surface area contributed by atoms with E-state index in [1.807, 2.05) is 35.2 Å². The molecule has 2 aromatic carbocycles. The third kappa shape index (κ3) is 4.80. The Hall–Kier alpha value is -2.79. The third-order valence-corrected chi connectivity index (χ3v) is 5.91. The summed E-state index contributed by atoms with van der Waals surface area (Å²) in [7, 11) is 2.08. The van der Waals surface area contributed by atoms with Crippen molar-refractivity contribution in [1.82, 2.24) is 9.47 Å². The van der Waals surface area contributed by atoms with Crippen molar-refractivity contribution in [2.24, 2.45) is 7.05 Å². The van der Waals surface area contributed by atoms with Gasteiger partial charge in [-0.2, -0.15) is 0 Å². The first-order chi connectivity index (χ1) is 14.2. The van der Waals surface area contributed by atoms with E-state index in [2.05, 4.69) is 41.9 Å². The van der Waals surface area contributed by atoms with Crippen LogP contribution in [0, 0.1) is 0 Å². The average molecular weight is 393 g/mol. The van der Waals surface area contributed by atoms with Crippen LogP contribution in [-0.2, 0) is 18.4 Å². The Labute approximate surface area is 172 Å². The molecule has 152 valence electrons. The first kappa shape index (κ1) is 19.5. The smallest absolute Gasteiger partial charge is 0.261 e. The van der Waals surface area contributed by atoms with E-state index in [0.29, 0.717) is 6.54 Å². The van der Waals surface area contributed by atoms with Gasteiger partial charge < -0.3 is 19.1 Å². The fourth-order valence-corrected chi connectivity index (χ4v) is 4.16. The lowest BCUT2D eigenvalue weighted by Gasteiger charge is -2.24. The number of nitrogens with one attached hydrogen (secondary N) is 1. The Kier molecular flexibility index (Phi) is 6.15. The Bertz CT molecular complexity index is 945. The summed E-state index contributed by atoms with van der Waals surface area (Å²) in [5.74, 6) is 0.772. The van der Waals surface area contributed by atoms with Gasteiger partial charge in [0.25, 0.3) is 5.91 Å². The van der Waals surface area contributed by atoms with E-state index in [0.717, 1.165) is 24.5 Å². The van der Waals surface area contributed by atoms with Gasteiger partial charge in [-0.1, -0.05) is 36.4 Å². The second kappa shape index (κ2) is 9.14. The topological polar surface area (TPSA) is 38.9 Å². The number of aromatic nitrogens is 1. The van der Waals surface area contributed by atoms with Crippen molar-refractivity contribution >= 4 is 16.8 Å². The minimum atomic E-state index is 0.0395. The standard InChI is InChI=1S/C24H29N3O2/c1-25-21(17-20-9-5-6-12-23(20)25)18-27(16-15-26-13-7-8-14-26)24(28)19-29-22-10-3-2-4-11-22/h2-6,9-12,17H,7-8,13-16,18-19H2,1H3/p+1. The zero-order chi connectivity index (χ0) is 20.1. The van der Waals surface area contributed by atoms with Crippen LogP contribution in [0.3, 0.4) is 0 Å². The summed E-state index contributed by atoms with van der Waals surface area (Å²) in [6, 6.07) is 20.1. The predicted molar refractivity (Wildman–Crippen MR) is 115 cm³/mol. The third-order valence-electron chi connectivity index (χ3n) is 5.91. The monoisotopic (exact) mass is 392 g/mol. The number of likely N-dealkylation sites (tertiary alicyclic amines) is 1. The highest BCUT2D eigenvalue weighted by Crippen LogP contribution is 2.19. The molecule has 1 aromatic heterocycles. The number of aryl methyl sites for hydroxylation is 1. The molecule has 5 heteroatoms. The molecule has 0 spiro atoms. The van der Waals surface area contributed by atoms with Gasteiger partial charge in [0.2, 0.25) is 0 Å². The number of carbonyl (C=O) groups excluding carboxylic acids is 1. The molecule has 0 bridgehead atoms. The van der Waals surface area contributed by atoms with E-state index < -0.39 is 0 Å². The van der Waals surface area contributed by atoms with Gasteiger partial charge in [-0.3, -0.25) is 4.79 Å².